The van der Waals surface area contributed by atoms with Crippen LogP contribution in [0.3, 0.4) is 0 Å². The van der Waals surface area contributed by atoms with E-state index in [9.17, 15) is 10.1 Å². The summed E-state index contributed by atoms with van der Waals surface area (Å²) in [4.78, 5) is 14.2. The highest BCUT2D eigenvalue weighted by Gasteiger charge is 2.45. The molecule has 3 heterocycles. The van der Waals surface area contributed by atoms with Crippen molar-refractivity contribution in [2.24, 2.45) is 0 Å². The summed E-state index contributed by atoms with van der Waals surface area (Å²) in [5.74, 6) is 0. The van der Waals surface area contributed by atoms with Gasteiger partial charge in [-0.25, -0.2) is 0 Å². The molecule has 1 fully saturated rings. The molecule has 0 bridgehead atoms. The van der Waals surface area contributed by atoms with Gasteiger partial charge in [0.25, 0.3) is 5.69 Å². The van der Waals surface area contributed by atoms with Crippen LogP contribution in [0, 0.1) is 10.1 Å². The van der Waals surface area contributed by atoms with E-state index in [0.717, 1.165) is 50.3 Å². The average molecular weight is 471 g/mol. The van der Waals surface area contributed by atoms with E-state index in [1.807, 2.05) is 24.3 Å². The summed E-state index contributed by atoms with van der Waals surface area (Å²) < 4.78 is 4.94. The number of hydrogen-bond acceptors (Lipinski definition) is 4. The third-order valence-electron chi connectivity index (χ3n) is 8.22. The molecule has 3 aromatic rings. The Morgan fingerprint density at radius 3 is 1.63 bits per heavy atom. The number of rotatable bonds is 3. The first-order valence-corrected chi connectivity index (χ1v) is 12.7. The summed E-state index contributed by atoms with van der Waals surface area (Å²) in [5, 5.41) is 11.9. The van der Waals surface area contributed by atoms with Gasteiger partial charge < -0.3 is 9.64 Å². The van der Waals surface area contributed by atoms with Gasteiger partial charge in [-0.15, -0.1) is 0 Å². The van der Waals surface area contributed by atoms with Crippen LogP contribution in [0.25, 0.3) is 0 Å². The summed E-state index contributed by atoms with van der Waals surface area (Å²) in [7, 11) is 0. The molecule has 0 aliphatic carbocycles. The van der Waals surface area contributed by atoms with E-state index in [1.54, 1.807) is 0 Å². The highest BCUT2D eigenvalue weighted by Crippen LogP contribution is 2.54. The van der Waals surface area contributed by atoms with Gasteiger partial charge in [0.05, 0.1) is 4.92 Å². The molecule has 182 valence electrons. The smallest absolute Gasteiger partial charge is 0.270 e. The molecule has 2 atom stereocenters. The Labute approximate surface area is 207 Å². The summed E-state index contributed by atoms with van der Waals surface area (Å²) in [5.41, 5.74) is 5.52. The molecule has 0 saturated carbocycles. The predicted octanol–water partition coefficient (Wildman–Crippen LogP) is 6.62. The highest BCUT2D eigenvalue weighted by molar-refractivity contribution is 5.73. The van der Waals surface area contributed by atoms with Crippen molar-refractivity contribution in [2.75, 3.05) is 31.2 Å². The maximum Gasteiger partial charge on any atom is 0.270 e. The molecule has 2 unspecified atom stereocenters. The van der Waals surface area contributed by atoms with Crippen LogP contribution in [0.2, 0.25) is 0 Å². The first kappa shape index (κ1) is 23.6. The average Bonchev–Trinajstić information content (AvgIpc) is 3.49. The molecule has 35 heavy (non-hydrogen) atoms. The molecule has 0 amide bonds. The van der Waals surface area contributed by atoms with Crippen LogP contribution < -0.4 is 4.90 Å². The zero-order valence-corrected chi connectivity index (χ0v) is 20.7. The lowest BCUT2D eigenvalue weighted by Gasteiger charge is -2.50. The van der Waals surface area contributed by atoms with Gasteiger partial charge in [-0.1, -0.05) is 74.5 Å². The van der Waals surface area contributed by atoms with Gasteiger partial charge in [-0.3, -0.25) is 10.1 Å². The normalized spacial score (nSPS) is 24.8. The molecule has 0 aromatic heterocycles. The summed E-state index contributed by atoms with van der Waals surface area (Å²) in [6, 6.07) is 24.6. The van der Waals surface area contributed by atoms with Crippen LogP contribution in [0.5, 0.6) is 0 Å². The van der Waals surface area contributed by atoms with Crippen molar-refractivity contribution < 1.29 is 9.66 Å². The number of nitro benzene ring substituents is 1. The minimum Gasteiger partial charge on any atom is -0.381 e. The number of ether oxygens (including phenoxy) is 1. The molecule has 6 rings (SSSR count). The van der Waals surface area contributed by atoms with E-state index in [2.05, 4.69) is 67.3 Å². The first-order valence-electron chi connectivity index (χ1n) is 12.7. The Morgan fingerprint density at radius 2 is 1.26 bits per heavy atom. The van der Waals surface area contributed by atoms with Crippen molar-refractivity contribution in [1.82, 2.24) is 0 Å². The Bertz CT molecular complexity index is 1110. The van der Waals surface area contributed by atoms with Crippen molar-refractivity contribution >= 4 is 11.4 Å². The van der Waals surface area contributed by atoms with E-state index >= 15 is 0 Å². The summed E-state index contributed by atoms with van der Waals surface area (Å²) in [6.07, 6.45) is 4.46. The molecule has 0 radical (unpaired) electrons. The number of nitro groups is 1. The fraction of sp³-hybridized carbons (Fsp3) is 0.400. The minimum absolute atomic E-state index is 0.191. The zero-order valence-electron chi connectivity index (χ0n) is 20.7. The van der Waals surface area contributed by atoms with Gasteiger partial charge in [0.2, 0.25) is 0 Å². The van der Waals surface area contributed by atoms with Crippen molar-refractivity contribution in [3.63, 3.8) is 0 Å². The van der Waals surface area contributed by atoms with Crippen LogP contribution in [0.15, 0.2) is 72.8 Å². The molecule has 0 spiro atoms. The summed E-state index contributed by atoms with van der Waals surface area (Å²) in [6.45, 7) is 8.42. The van der Waals surface area contributed by atoms with Crippen molar-refractivity contribution in [2.45, 2.75) is 50.4 Å². The molecular weight excluding hydrogens is 436 g/mol. The predicted molar refractivity (Wildman–Crippen MR) is 140 cm³/mol. The second-order valence-corrected chi connectivity index (χ2v) is 10.3. The van der Waals surface area contributed by atoms with Crippen molar-refractivity contribution in [3.8, 4) is 0 Å². The Hall–Kier alpha value is -3.18. The quantitative estimate of drug-likeness (QED) is 0.319. The molecular formula is C30H34N2O3. The molecule has 3 aromatic carbocycles. The third kappa shape index (κ3) is 4.23. The maximum atomic E-state index is 11.9. The highest BCUT2D eigenvalue weighted by atomic mass is 16.6. The third-order valence-corrected chi connectivity index (χ3v) is 8.22. The number of nitrogens with zero attached hydrogens (tertiary/aromatic N) is 2. The monoisotopic (exact) mass is 470 g/mol. The molecule has 3 aliphatic heterocycles. The Kier molecular flexibility index (Phi) is 6.37. The topological polar surface area (TPSA) is 55.6 Å². The second kappa shape index (κ2) is 9.46. The van der Waals surface area contributed by atoms with Crippen LogP contribution >= 0.6 is 0 Å². The van der Waals surface area contributed by atoms with Crippen LogP contribution in [-0.4, -0.2) is 31.2 Å². The number of hydrogen-bond donors (Lipinski definition) is 0. The fourth-order valence-corrected chi connectivity index (χ4v) is 5.95. The molecule has 5 heteroatoms. The molecule has 3 aliphatic rings. The van der Waals surface area contributed by atoms with Crippen LogP contribution in [0.4, 0.5) is 11.4 Å². The molecule has 5 nitrogen and oxygen atoms in total. The number of non-ortho nitro benzene ring substituents is 1. The largest absolute Gasteiger partial charge is 0.381 e. The minimum atomic E-state index is -0.247. The van der Waals surface area contributed by atoms with Gasteiger partial charge >= 0.3 is 0 Å². The van der Waals surface area contributed by atoms with Gasteiger partial charge in [0, 0.05) is 55.0 Å². The van der Waals surface area contributed by atoms with Crippen molar-refractivity contribution in [1.29, 1.82) is 0 Å². The maximum absolute atomic E-state index is 11.9. The second-order valence-electron chi connectivity index (χ2n) is 10.3. The standard InChI is InChI=1S/C26H26N2O2.C4H8O/c1-25(19-9-5-3-6-10-19)13-15-27-16-14-26(2,20-11-7-4-8-12-20)23-18-21(28(29)30)17-22(25)24(23)27;1-2-4-5-3-1/h3-12,17-18H,13-16H2,1-2H3;1-4H2. The van der Waals surface area contributed by atoms with E-state index in [-0.39, 0.29) is 21.4 Å². The van der Waals surface area contributed by atoms with Gasteiger partial charge in [-0.2, -0.15) is 0 Å². The van der Waals surface area contributed by atoms with Gasteiger partial charge in [0.15, 0.2) is 0 Å². The summed E-state index contributed by atoms with van der Waals surface area (Å²) >= 11 is 0. The van der Waals surface area contributed by atoms with E-state index in [0.29, 0.717) is 0 Å². The first-order chi connectivity index (χ1) is 16.9. The number of benzene rings is 3. The molecule has 1 saturated heterocycles. The number of anilines is 1. The fourth-order valence-electron chi connectivity index (χ4n) is 5.95. The molecule has 0 N–H and O–H groups in total. The van der Waals surface area contributed by atoms with Crippen molar-refractivity contribution in [3.05, 3.63) is 105 Å². The van der Waals surface area contributed by atoms with E-state index < -0.39 is 0 Å². The lowest BCUT2D eigenvalue weighted by Crippen LogP contribution is -2.46. The Morgan fingerprint density at radius 1 is 0.800 bits per heavy atom. The van der Waals surface area contributed by atoms with Crippen LogP contribution in [-0.2, 0) is 15.6 Å². The Balaban J connectivity index is 0.000000453. The SMILES string of the molecule is C1CCOC1.CC1(c2ccccc2)CCN2CCC(C)(c3ccccc3)c3cc([N+](=O)[O-])cc1c32. The lowest BCUT2D eigenvalue weighted by atomic mass is 9.64. The van der Waals surface area contributed by atoms with E-state index in [4.69, 9.17) is 4.74 Å². The van der Waals surface area contributed by atoms with Gasteiger partial charge in [0.1, 0.15) is 0 Å². The van der Waals surface area contributed by atoms with E-state index in [1.165, 1.54) is 29.7 Å². The lowest BCUT2D eigenvalue weighted by molar-refractivity contribution is -0.385. The van der Waals surface area contributed by atoms with Crippen LogP contribution in [0.1, 0.15) is 61.8 Å². The van der Waals surface area contributed by atoms with Gasteiger partial charge in [-0.05, 0) is 47.9 Å². The zero-order chi connectivity index (χ0) is 24.5.